The zero-order valence-corrected chi connectivity index (χ0v) is 17.3. The van der Waals surface area contributed by atoms with Crippen molar-refractivity contribution in [3.63, 3.8) is 0 Å². The summed E-state index contributed by atoms with van der Waals surface area (Å²) in [6.07, 6.45) is 1.91. The van der Waals surface area contributed by atoms with Gasteiger partial charge < -0.3 is 19.2 Å². The number of rotatable bonds is 5. The molecule has 1 saturated heterocycles. The van der Waals surface area contributed by atoms with Crippen molar-refractivity contribution < 1.29 is 14.3 Å². The summed E-state index contributed by atoms with van der Waals surface area (Å²) in [6, 6.07) is 6.84. The molecule has 2 N–H and O–H groups in total. The Kier molecular flexibility index (Phi) is 4.71. The van der Waals surface area contributed by atoms with Crippen LogP contribution in [0.15, 0.2) is 44.5 Å². The number of aromatic amines is 1. The number of aromatic nitrogens is 3. The number of pyridine rings is 1. The van der Waals surface area contributed by atoms with E-state index in [0.717, 1.165) is 19.5 Å². The van der Waals surface area contributed by atoms with Crippen LogP contribution >= 0.6 is 11.6 Å². The third-order valence-electron chi connectivity index (χ3n) is 5.46. The number of fused-ring (bicyclic) bond motifs is 2. The van der Waals surface area contributed by atoms with Crippen LogP contribution in [-0.4, -0.2) is 32.6 Å². The molecule has 1 fully saturated rings. The minimum absolute atomic E-state index is 0.234. The molecule has 9 nitrogen and oxygen atoms in total. The van der Waals surface area contributed by atoms with Crippen molar-refractivity contribution in [1.82, 2.24) is 14.4 Å². The maximum atomic E-state index is 13.1. The van der Waals surface area contributed by atoms with Crippen molar-refractivity contribution in [2.75, 3.05) is 18.0 Å². The average Bonchev–Trinajstić information content (AvgIpc) is 3.08. The van der Waals surface area contributed by atoms with Crippen molar-refractivity contribution in [2.45, 2.75) is 26.1 Å². The Morgan fingerprint density at radius 1 is 1.35 bits per heavy atom. The van der Waals surface area contributed by atoms with Gasteiger partial charge in [-0.25, -0.2) is 9.78 Å². The molecular formula is C21H19ClN4O5. The Hall–Kier alpha value is -3.30. The zero-order chi connectivity index (χ0) is 21.7. The summed E-state index contributed by atoms with van der Waals surface area (Å²) in [7, 11) is 0. The van der Waals surface area contributed by atoms with Crippen LogP contribution in [0.4, 0.5) is 5.82 Å². The summed E-state index contributed by atoms with van der Waals surface area (Å²) in [5.41, 5.74) is 1.67. The summed E-state index contributed by atoms with van der Waals surface area (Å²) in [4.78, 5) is 33.9. The van der Waals surface area contributed by atoms with Crippen LogP contribution in [-0.2, 0) is 6.61 Å². The number of ether oxygens (including phenoxy) is 1. The highest BCUT2D eigenvalue weighted by atomic mass is 35.5. The number of anilines is 1. The number of H-pyrrole nitrogens is 1. The number of aliphatic hydroxyl groups is 1. The SMILES string of the molecule is C[C@H](Oc1cccc2[nH]c(=O)oc12)c1cc(Cl)cn2c(=O)c(CO)c(N3CCC3)nc12. The first-order valence-corrected chi connectivity index (χ1v) is 10.2. The highest BCUT2D eigenvalue weighted by molar-refractivity contribution is 6.30. The van der Waals surface area contributed by atoms with Gasteiger partial charge in [-0.1, -0.05) is 17.7 Å². The molecule has 5 rings (SSSR count). The normalized spacial score (nSPS) is 14.7. The third-order valence-corrected chi connectivity index (χ3v) is 5.66. The van der Waals surface area contributed by atoms with Crippen LogP contribution in [0, 0.1) is 0 Å². The maximum Gasteiger partial charge on any atom is 0.417 e. The molecule has 4 aromatic rings. The molecule has 160 valence electrons. The third kappa shape index (κ3) is 3.26. The van der Waals surface area contributed by atoms with E-state index in [-0.39, 0.29) is 11.1 Å². The molecule has 0 aliphatic carbocycles. The van der Waals surface area contributed by atoms with Crippen LogP contribution in [0.5, 0.6) is 5.75 Å². The highest BCUT2D eigenvalue weighted by Gasteiger charge is 2.25. The number of nitrogens with one attached hydrogen (secondary N) is 1. The molecule has 0 spiro atoms. The van der Waals surface area contributed by atoms with E-state index in [2.05, 4.69) is 4.98 Å². The Bertz CT molecular complexity index is 1420. The Morgan fingerprint density at radius 3 is 2.87 bits per heavy atom. The first-order chi connectivity index (χ1) is 15.0. The molecule has 4 heterocycles. The molecule has 0 radical (unpaired) electrons. The van der Waals surface area contributed by atoms with Gasteiger partial charge in [0.15, 0.2) is 11.3 Å². The van der Waals surface area contributed by atoms with Crippen molar-refractivity contribution >= 4 is 34.2 Å². The number of hydrogen-bond donors (Lipinski definition) is 2. The molecule has 31 heavy (non-hydrogen) atoms. The van der Waals surface area contributed by atoms with E-state index in [1.165, 1.54) is 10.6 Å². The number of halogens is 1. The quantitative estimate of drug-likeness (QED) is 0.488. The maximum absolute atomic E-state index is 13.1. The lowest BCUT2D eigenvalue weighted by Crippen LogP contribution is -2.40. The number of oxazole rings is 1. The molecule has 0 amide bonds. The molecular weight excluding hydrogens is 424 g/mol. The molecule has 1 aromatic carbocycles. The van der Waals surface area contributed by atoms with Crippen LogP contribution in [0.3, 0.4) is 0 Å². The topological polar surface area (TPSA) is 113 Å². The first-order valence-electron chi connectivity index (χ1n) is 9.85. The van der Waals surface area contributed by atoms with E-state index in [9.17, 15) is 14.7 Å². The van der Waals surface area contributed by atoms with Crippen molar-refractivity contribution in [3.8, 4) is 5.75 Å². The summed E-state index contributed by atoms with van der Waals surface area (Å²) in [5, 5.41) is 10.1. The molecule has 0 saturated carbocycles. The van der Waals surface area contributed by atoms with E-state index < -0.39 is 18.5 Å². The number of para-hydroxylation sites is 1. The predicted molar refractivity (Wildman–Crippen MR) is 115 cm³/mol. The lowest BCUT2D eigenvalue weighted by Gasteiger charge is -2.33. The van der Waals surface area contributed by atoms with Crippen molar-refractivity contribution in [2.24, 2.45) is 0 Å². The summed E-state index contributed by atoms with van der Waals surface area (Å²) < 4.78 is 12.6. The van der Waals surface area contributed by atoms with E-state index in [4.69, 9.17) is 25.7 Å². The minimum Gasteiger partial charge on any atom is -0.482 e. The van der Waals surface area contributed by atoms with Crippen molar-refractivity contribution in [1.29, 1.82) is 0 Å². The van der Waals surface area contributed by atoms with Gasteiger partial charge in [-0.3, -0.25) is 14.2 Å². The summed E-state index contributed by atoms with van der Waals surface area (Å²) >= 11 is 6.30. The fourth-order valence-electron chi connectivity index (χ4n) is 3.78. The minimum atomic E-state index is -0.574. The zero-order valence-electron chi connectivity index (χ0n) is 16.6. The molecule has 0 unspecified atom stereocenters. The largest absolute Gasteiger partial charge is 0.482 e. The fraction of sp³-hybridized carbons (Fsp3) is 0.286. The van der Waals surface area contributed by atoms with Crippen molar-refractivity contribution in [3.05, 3.63) is 67.5 Å². The Morgan fingerprint density at radius 2 is 2.16 bits per heavy atom. The molecule has 1 atom stereocenters. The molecule has 0 bridgehead atoms. The average molecular weight is 443 g/mol. The van der Waals surface area contributed by atoms with E-state index in [0.29, 0.717) is 38.9 Å². The van der Waals surface area contributed by atoms with Crippen LogP contribution in [0.25, 0.3) is 16.7 Å². The lowest BCUT2D eigenvalue weighted by molar-refractivity contribution is 0.227. The van der Waals surface area contributed by atoms with E-state index in [1.54, 1.807) is 31.2 Å². The fourth-order valence-corrected chi connectivity index (χ4v) is 3.99. The second-order valence-electron chi connectivity index (χ2n) is 7.43. The smallest absolute Gasteiger partial charge is 0.417 e. The monoisotopic (exact) mass is 442 g/mol. The molecule has 10 heteroatoms. The van der Waals surface area contributed by atoms with Gasteiger partial charge in [0.25, 0.3) is 5.56 Å². The van der Waals surface area contributed by atoms with Crippen LogP contribution in [0.1, 0.15) is 30.6 Å². The Balaban J connectivity index is 1.65. The first kappa shape index (κ1) is 19.7. The summed E-state index contributed by atoms with van der Waals surface area (Å²) in [5.74, 6) is 0.280. The molecule has 3 aromatic heterocycles. The van der Waals surface area contributed by atoms with Gasteiger partial charge in [-0.15, -0.1) is 0 Å². The number of aliphatic hydroxyl groups excluding tert-OH is 1. The van der Waals surface area contributed by atoms with Gasteiger partial charge in [0.1, 0.15) is 17.6 Å². The van der Waals surface area contributed by atoms with E-state index in [1.807, 2.05) is 4.90 Å². The number of benzene rings is 1. The van der Waals surface area contributed by atoms with Gasteiger partial charge in [0.05, 0.1) is 22.7 Å². The second kappa shape index (κ2) is 7.44. The lowest BCUT2D eigenvalue weighted by atomic mass is 10.1. The predicted octanol–water partition coefficient (Wildman–Crippen LogP) is 2.62. The standard InChI is InChI=1S/C21H19ClN4O5/c1-11(30-16-5-2-4-15-17(16)31-21(29)23-15)13-8-12(22)9-26-19(13)24-18(25-6-3-7-25)14(10-27)20(26)28/h2,4-5,8-9,11,27H,3,6-7,10H2,1H3,(H,23,29)/t11-/m0/s1. The van der Waals surface area contributed by atoms with E-state index >= 15 is 0 Å². The van der Waals surface area contributed by atoms with Crippen LogP contribution in [0.2, 0.25) is 5.02 Å². The van der Waals surface area contributed by atoms with Gasteiger partial charge in [0, 0.05) is 24.8 Å². The summed E-state index contributed by atoms with van der Waals surface area (Å²) in [6.45, 7) is 2.94. The van der Waals surface area contributed by atoms with Gasteiger partial charge in [-0.2, -0.15) is 0 Å². The van der Waals surface area contributed by atoms with Gasteiger partial charge >= 0.3 is 5.76 Å². The van der Waals surface area contributed by atoms with Gasteiger partial charge in [0.2, 0.25) is 0 Å². The highest BCUT2D eigenvalue weighted by Crippen LogP contribution is 2.31. The number of hydrogen-bond acceptors (Lipinski definition) is 7. The molecule has 1 aliphatic rings. The van der Waals surface area contributed by atoms with Crippen LogP contribution < -0.4 is 21.0 Å². The van der Waals surface area contributed by atoms with Gasteiger partial charge in [-0.05, 0) is 31.5 Å². The molecule has 1 aliphatic heterocycles. The Labute approximate surface area is 180 Å². The second-order valence-corrected chi connectivity index (χ2v) is 7.87. The number of nitrogens with zero attached hydrogens (tertiary/aromatic N) is 3.